The highest BCUT2D eigenvalue weighted by molar-refractivity contribution is 5.96. The molecule has 0 saturated carbocycles. The minimum atomic E-state index is -0.759. The summed E-state index contributed by atoms with van der Waals surface area (Å²) in [6.07, 6.45) is 0. The summed E-state index contributed by atoms with van der Waals surface area (Å²) in [6.45, 7) is 3.61. The van der Waals surface area contributed by atoms with Gasteiger partial charge in [0.1, 0.15) is 5.69 Å². The van der Waals surface area contributed by atoms with E-state index in [1.165, 1.54) is 6.07 Å². The first kappa shape index (κ1) is 18.4. The molecule has 6 nitrogen and oxygen atoms in total. The molecule has 6 heteroatoms. The van der Waals surface area contributed by atoms with Gasteiger partial charge in [-0.05, 0) is 35.1 Å². The highest BCUT2D eigenvalue weighted by Crippen LogP contribution is 2.23. The summed E-state index contributed by atoms with van der Waals surface area (Å²) in [5.41, 5.74) is 1.31. The van der Waals surface area contributed by atoms with E-state index in [1.54, 1.807) is 30.3 Å². The molecule has 0 bridgehead atoms. The van der Waals surface area contributed by atoms with Crippen LogP contribution in [0.25, 0.3) is 10.8 Å². The number of carbonyl (C=O) groups is 2. The average molecular weight is 364 g/mol. The summed E-state index contributed by atoms with van der Waals surface area (Å²) in [4.78, 5) is 38.9. The average Bonchev–Trinajstić information content (AvgIpc) is 2.66. The Morgan fingerprint density at radius 1 is 1.07 bits per heavy atom. The van der Waals surface area contributed by atoms with Gasteiger partial charge < -0.3 is 15.0 Å². The Bertz CT molecular complexity index is 1050. The SMILES string of the molecule is CC(C)c1ccccc1NC(=O)COC(=O)c1cc2ccccc2c(=O)[nH]1. The van der Waals surface area contributed by atoms with Gasteiger partial charge >= 0.3 is 5.97 Å². The molecule has 3 rings (SSSR count). The zero-order valence-corrected chi connectivity index (χ0v) is 15.1. The van der Waals surface area contributed by atoms with Crippen LogP contribution >= 0.6 is 0 Å². The van der Waals surface area contributed by atoms with E-state index in [0.29, 0.717) is 16.5 Å². The van der Waals surface area contributed by atoms with Crippen LogP contribution in [-0.2, 0) is 9.53 Å². The summed E-state index contributed by atoms with van der Waals surface area (Å²) in [5, 5.41) is 3.86. The van der Waals surface area contributed by atoms with Crippen LogP contribution in [0.3, 0.4) is 0 Å². The van der Waals surface area contributed by atoms with E-state index < -0.39 is 18.5 Å². The molecular weight excluding hydrogens is 344 g/mol. The fourth-order valence-electron chi connectivity index (χ4n) is 2.83. The van der Waals surface area contributed by atoms with Crippen LogP contribution in [-0.4, -0.2) is 23.5 Å². The Balaban J connectivity index is 1.67. The molecule has 0 aliphatic heterocycles. The minimum absolute atomic E-state index is 0.00841. The normalized spacial score (nSPS) is 10.8. The molecule has 0 saturated heterocycles. The Labute approximate surface area is 156 Å². The predicted octanol–water partition coefficient (Wildman–Crippen LogP) is 3.45. The number of amides is 1. The number of anilines is 1. The standard InChI is InChI=1S/C21H20N2O4/c1-13(2)15-8-5-6-10-17(15)22-19(24)12-27-21(26)18-11-14-7-3-4-9-16(14)20(25)23-18/h3-11,13H,12H2,1-2H3,(H,22,24)(H,23,25). The van der Waals surface area contributed by atoms with E-state index in [0.717, 1.165) is 5.56 Å². The zero-order chi connectivity index (χ0) is 19.4. The molecule has 0 atom stereocenters. The number of aromatic amines is 1. The van der Waals surface area contributed by atoms with E-state index in [2.05, 4.69) is 10.3 Å². The maximum Gasteiger partial charge on any atom is 0.355 e. The van der Waals surface area contributed by atoms with Crippen molar-refractivity contribution in [1.29, 1.82) is 0 Å². The van der Waals surface area contributed by atoms with Crippen molar-refractivity contribution in [3.05, 3.63) is 76.2 Å². The van der Waals surface area contributed by atoms with Crippen LogP contribution in [0.4, 0.5) is 5.69 Å². The Kier molecular flexibility index (Phi) is 5.35. The van der Waals surface area contributed by atoms with E-state index in [-0.39, 0.29) is 17.2 Å². The number of carbonyl (C=O) groups excluding carboxylic acids is 2. The van der Waals surface area contributed by atoms with Crippen LogP contribution in [0.5, 0.6) is 0 Å². The molecule has 0 aliphatic carbocycles. The molecule has 1 aromatic heterocycles. The van der Waals surface area contributed by atoms with Crippen LogP contribution in [0.1, 0.15) is 35.8 Å². The van der Waals surface area contributed by atoms with Crippen LogP contribution in [0, 0.1) is 0 Å². The highest BCUT2D eigenvalue weighted by Gasteiger charge is 2.14. The zero-order valence-electron chi connectivity index (χ0n) is 15.1. The van der Waals surface area contributed by atoms with Crippen molar-refractivity contribution < 1.29 is 14.3 Å². The van der Waals surface area contributed by atoms with Gasteiger partial charge in [-0.1, -0.05) is 50.2 Å². The summed E-state index contributed by atoms with van der Waals surface area (Å²) >= 11 is 0. The molecular formula is C21H20N2O4. The van der Waals surface area contributed by atoms with Crippen molar-refractivity contribution in [3.8, 4) is 0 Å². The Morgan fingerprint density at radius 2 is 1.78 bits per heavy atom. The van der Waals surface area contributed by atoms with Crippen LogP contribution < -0.4 is 10.9 Å². The first-order valence-corrected chi connectivity index (χ1v) is 8.63. The quantitative estimate of drug-likeness (QED) is 0.679. The predicted molar refractivity (Wildman–Crippen MR) is 104 cm³/mol. The lowest BCUT2D eigenvalue weighted by Crippen LogP contribution is -2.23. The van der Waals surface area contributed by atoms with Gasteiger partial charge in [0.2, 0.25) is 0 Å². The maximum absolute atomic E-state index is 12.2. The van der Waals surface area contributed by atoms with Crippen molar-refractivity contribution in [2.45, 2.75) is 19.8 Å². The van der Waals surface area contributed by atoms with Crippen molar-refractivity contribution >= 4 is 28.3 Å². The number of pyridine rings is 1. The lowest BCUT2D eigenvalue weighted by molar-refractivity contribution is -0.119. The molecule has 0 radical (unpaired) electrons. The highest BCUT2D eigenvalue weighted by atomic mass is 16.5. The molecule has 1 heterocycles. The van der Waals surface area contributed by atoms with Gasteiger partial charge in [0.15, 0.2) is 6.61 Å². The van der Waals surface area contributed by atoms with E-state index >= 15 is 0 Å². The molecule has 0 spiro atoms. The number of nitrogens with one attached hydrogen (secondary N) is 2. The largest absolute Gasteiger partial charge is 0.451 e. The van der Waals surface area contributed by atoms with E-state index in [9.17, 15) is 14.4 Å². The smallest absolute Gasteiger partial charge is 0.355 e. The second kappa shape index (κ2) is 7.86. The van der Waals surface area contributed by atoms with Gasteiger partial charge in [-0.2, -0.15) is 0 Å². The Hall–Kier alpha value is -3.41. The monoisotopic (exact) mass is 364 g/mol. The van der Waals surface area contributed by atoms with Gasteiger partial charge in [-0.15, -0.1) is 0 Å². The van der Waals surface area contributed by atoms with E-state index in [4.69, 9.17) is 4.74 Å². The van der Waals surface area contributed by atoms with Crippen molar-refractivity contribution in [2.75, 3.05) is 11.9 Å². The lowest BCUT2D eigenvalue weighted by Gasteiger charge is -2.13. The first-order chi connectivity index (χ1) is 13.0. The number of esters is 1. The summed E-state index contributed by atoms with van der Waals surface area (Å²) in [6, 6.07) is 15.9. The minimum Gasteiger partial charge on any atom is -0.451 e. The van der Waals surface area contributed by atoms with Gasteiger partial charge in [0.05, 0.1) is 0 Å². The number of para-hydroxylation sites is 1. The third-order valence-electron chi connectivity index (χ3n) is 4.16. The van der Waals surface area contributed by atoms with Gasteiger partial charge in [-0.25, -0.2) is 4.79 Å². The molecule has 3 aromatic rings. The fraction of sp³-hybridized carbons (Fsp3) is 0.190. The molecule has 0 aliphatic rings. The molecule has 2 N–H and O–H groups in total. The summed E-state index contributed by atoms with van der Waals surface area (Å²) in [5.74, 6) is -0.962. The van der Waals surface area contributed by atoms with Crippen molar-refractivity contribution in [3.63, 3.8) is 0 Å². The third kappa shape index (κ3) is 4.23. The third-order valence-corrected chi connectivity index (χ3v) is 4.16. The summed E-state index contributed by atoms with van der Waals surface area (Å²) in [7, 11) is 0. The lowest BCUT2D eigenvalue weighted by atomic mass is 10.0. The number of rotatable bonds is 5. The first-order valence-electron chi connectivity index (χ1n) is 8.63. The number of benzene rings is 2. The number of fused-ring (bicyclic) bond motifs is 1. The number of hydrogen-bond acceptors (Lipinski definition) is 4. The molecule has 2 aromatic carbocycles. The second-order valence-corrected chi connectivity index (χ2v) is 6.47. The number of ether oxygens (including phenoxy) is 1. The van der Waals surface area contributed by atoms with E-state index in [1.807, 2.05) is 32.0 Å². The van der Waals surface area contributed by atoms with Gasteiger partial charge in [0.25, 0.3) is 11.5 Å². The second-order valence-electron chi connectivity index (χ2n) is 6.47. The van der Waals surface area contributed by atoms with Crippen LogP contribution in [0.2, 0.25) is 0 Å². The molecule has 1 amide bonds. The van der Waals surface area contributed by atoms with Crippen molar-refractivity contribution in [1.82, 2.24) is 4.98 Å². The van der Waals surface area contributed by atoms with Gasteiger partial charge in [-0.3, -0.25) is 9.59 Å². The Morgan fingerprint density at radius 3 is 2.56 bits per heavy atom. The number of hydrogen-bond donors (Lipinski definition) is 2. The van der Waals surface area contributed by atoms with Gasteiger partial charge in [0, 0.05) is 11.1 Å². The number of aromatic nitrogens is 1. The summed E-state index contributed by atoms with van der Waals surface area (Å²) < 4.78 is 5.05. The fourth-order valence-corrected chi connectivity index (χ4v) is 2.83. The van der Waals surface area contributed by atoms with Crippen molar-refractivity contribution in [2.24, 2.45) is 0 Å². The molecule has 0 fully saturated rings. The molecule has 138 valence electrons. The maximum atomic E-state index is 12.2. The molecule has 27 heavy (non-hydrogen) atoms. The molecule has 0 unspecified atom stereocenters. The van der Waals surface area contributed by atoms with Crippen LogP contribution in [0.15, 0.2) is 59.4 Å². The number of H-pyrrole nitrogens is 1. The topological polar surface area (TPSA) is 88.3 Å².